The highest BCUT2D eigenvalue weighted by Crippen LogP contribution is 2.18. The fourth-order valence-electron chi connectivity index (χ4n) is 1.33. The number of aromatic nitrogens is 2. The first-order chi connectivity index (χ1) is 8.99. The van der Waals surface area contributed by atoms with Gasteiger partial charge in [0.1, 0.15) is 0 Å². The topological polar surface area (TPSA) is 59.3 Å². The van der Waals surface area contributed by atoms with Gasteiger partial charge in [-0.05, 0) is 19.1 Å². The van der Waals surface area contributed by atoms with Gasteiger partial charge in [0.05, 0.1) is 21.8 Å². The van der Waals surface area contributed by atoms with Crippen molar-refractivity contribution in [3.63, 3.8) is 0 Å². The van der Waals surface area contributed by atoms with E-state index in [-0.39, 0.29) is 15.8 Å². The third-order valence-electron chi connectivity index (χ3n) is 2.43. The number of thiophene rings is 1. The molecule has 0 saturated heterocycles. The second-order valence-electron chi connectivity index (χ2n) is 3.71. The molecule has 1 amide bonds. The molecular formula is C11H10ClFN4OS. The highest BCUT2D eigenvalue weighted by molar-refractivity contribution is 7.12. The average Bonchev–Trinajstić information content (AvgIpc) is 2.89. The van der Waals surface area contributed by atoms with Crippen LogP contribution in [-0.2, 0) is 7.05 Å². The Morgan fingerprint density at radius 3 is 2.89 bits per heavy atom. The van der Waals surface area contributed by atoms with Gasteiger partial charge in [0.2, 0.25) is 0 Å². The number of carbonyl (C=O) groups excluding carboxylic acids is 1. The minimum absolute atomic E-state index is 0.108. The van der Waals surface area contributed by atoms with Gasteiger partial charge in [-0.1, -0.05) is 11.6 Å². The molecule has 19 heavy (non-hydrogen) atoms. The van der Waals surface area contributed by atoms with E-state index >= 15 is 0 Å². The summed E-state index contributed by atoms with van der Waals surface area (Å²) in [6.07, 6.45) is 1.36. The lowest BCUT2D eigenvalue weighted by molar-refractivity contribution is 0.0949. The van der Waals surface area contributed by atoms with Crippen LogP contribution in [0.1, 0.15) is 21.1 Å². The Bertz CT molecular complexity index is 649. The van der Waals surface area contributed by atoms with Crippen LogP contribution in [0.25, 0.3) is 0 Å². The van der Waals surface area contributed by atoms with Gasteiger partial charge < -0.3 is 0 Å². The van der Waals surface area contributed by atoms with Gasteiger partial charge in [-0.3, -0.25) is 9.48 Å². The molecular weight excluding hydrogens is 291 g/mol. The molecule has 0 saturated carbocycles. The van der Waals surface area contributed by atoms with E-state index in [4.69, 9.17) is 11.6 Å². The van der Waals surface area contributed by atoms with E-state index in [1.165, 1.54) is 17.0 Å². The summed E-state index contributed by atoms with van der Waals surface area (Å²) in [6, 6.07) is 2.89. The van der Waals surface area contributed by atoms with Gasteiger partial charge in [-0.15, -0.1) is 11.3 Å². The van der Waals surface area contributed by atoms with E-state index < -0.39 is 5.91 Å². The summed E-state index contributed by atoms with van der Waals surface area (Å²) in [6.45, 7) is 1.75. The van der Waals surface area contributed by atoms with Gasteiger partial charge in [-0.2, -0.15) is 14.6 Å². The van der Waals surface area contributed by atoms with Crippen molar-refractivity contribution in [2.24, 2.45) is 12.1 Å². The average molecular weight is 301 g/mol. The fraction of sp³-hybridized carbons (Fsp3) is 0.182. The van der Waals surface area contributed by atoms with Crippen molar-refractivity contribution in [1.82, 2.24) is 15.2 Å². The summed E-state index contributed by atoms with van der Waals surface area (Å²) < 4.78 is 14.2. The lowest BCUT2D eigenvalue weighted by Crippen LogP contribution is -2.18. The van der Waals surface area contributed by atoms with Crippen molar-refractivity contribution in [3.8, 4) is 0 Å². The molecule has 1 N–H and O–H groups in total. The van der Waals surface area contributed by atoms with Gasteiger partial charge in [0, 0.05) is 7.05 Å². The Hall–Kier alpha value is -1.73. The highest BCUT2D eigenvalue weighted by Gasteiger charge is 2.17. The molecule has 0 aliphatic carbocycles. The zero-order valence-electron chi connectivity index (χ0n) is 10.1. The molecule has 0 aliphatic heterocycles. The number of hydrogen-bond donors (Lipinski definition) is 1. The van der Waals surface area contributed by atoms with E-state index in [0.717, 1.165) is 11.3 Å². The first kappa shape index (κ1) is 13.7. The number of hydrazone groups is 1. The fourth-order valence-corrected chi connectivity index (χ4v) is 2.18. The first-order valence-electron chi connectivity index (χ1n) is 5.27. The Balaban J connectivity index is 2.05. The van der Waals surface area contributed by atoms with Gasteiger partial charge in [0.25, 0.3) is 5.91 Å². The summed E-state index contributed by atoms with van der Waals surface area (Å²) in [7, 11) is 1.69. The molecule has 0 bridgehead atoms. The summed E-state index contributed by atoms with van der Waals surface area (Å²) in [5.41, 5.74) is 3.09. The Morgan fingerprint density at radius 1 is 1.63 bits per heavy atom. The molecule has 0 fully saturated rings. The highest BCUT2D eigenvalue weighted by atomic mass is 35.5. The molecule has 0 aliphatic rings. The standard InChI is InChI=1S/C11H10ClFN4OS/c1-6-9(12)10(16-17(6)2)11(18)15-14-5-7-3-4-8(13)19-7/h3-5H,1-2H3,(H,15,18)/b14-5-. The first-order valence-corrected chi connectivity index (χ1v) is 6.46. The molecule has 0 unspecified atom stereocenters. The van der Waals surface area contributed by atoms with E-state index in [1.54, 1.807) is 20.0 Å². The van der Waals surface area contributed by atoms with Crippen molar-refractivity contribution in [1.29, 1.82) is 0 Å². The number of carbonyl (C=O) groups is 1. The molecule has 8 heteroatoms. The maximum absolute atomic E-state index is 12.7. The third kappa shape index (κ3) is 2.99. The number of nitrogens with zero attached hydrogens (tertiary/aromatic N) is 3. The third-order valence-corrected chi connectivity index (χ3v) is 3.69. The van der Waals surface area contributed by atoms with Crippen molar-refractivity contribution in [3.05, 3.63) is 38.6 Å². The minimum Gasteiger partial charge on any atom is -0.271 e. The van der Waals surface area contributed by atoms with E-state index in [1.807, 2.05) is 0 Å². The summed E-state index contributed by atoms with van der Waals surface area (Å²) in [5.74, 6) is -0.512. The number of hydrogen-bond acceptors (Lipinski definition) is 4. The molecule has 0 spiro atoms. The van der Waals surface area contributed by atoms with Crippen LogP contribution in [0.3, 0.4) is 0 Å². The Labute approximate surface area is 117 Å². The maximum Gasteiger partial charge on any atom is 0.293 e. The molecule has 100 valence electrons. The molecule has 2 aromatic rings. The van der Waals surface area contributed by atoms with Crippen LogP contribution in [0.2, 0.25) is 5.02 Å². The minimum atomic E-state index is -0.512. The number of rotatable bonds is 3. The van der Waals surface area contributed by atoms with Crippen LogP contribution in [0.5, 0.6) is 0 Å². The van der Waals surface area contributed by atoms with Crippen LogP contribution in [0.15, 0.2) is 17.2 Å². The monoisotopic (exact) mass is 300 g/mol. The summed E-state index contributed by atoms with van der Waals surface area (Å²) in [4.78, 5) is 12.4. The van der Waals surface area contributed by atoms with Crippen molar-refractivity contribution >= 4 is 35.1 Å². The molecule has 0 radical (unpaired) electrons. The Morgan fingerprint density at radius 2 is 2.37 bits per heavy atom. The van der Waals surface area contributed by atoms with Crippen LogP contribution < -0.4 is 5.43 Å². The van der Waals surface area contributed by atoms with Gasteiger partial charge in [-0.25, -0.2) is 5.43 Å². The molecule has 0 atom stereocenters. The summed E-state index contributed by atoms with van der Waals surface area (Å²) >= 11 is 6.90. The number of amides is 1. The second-order valence-corrected chi connectivity index (χ2v) is 5.16. The Kier molecular flexibility index (Phi) is 3.96. The maximum atomic E-state index is 12.7. The van der Waals surface area contributed by atoms with Crippen molar-refractivity contribution < 1.29 is 9.18 Å². The number of halogens is 2. The van der Waals surface area contributed by atoms with E-state index in [2.05, 4.69) is 15.6 Å². The molecule has 0 aromatic carbocycles. The van der Waals surface area contributed by atoms with Crippen molar-refractivity contribution in [2.45, 2.75) is 6.92 Å². The smallest absolute Gasteiger partial charge is 0.271 e. The van der Waals surface area contributed by atoms with Crippen LogP contribution >= 0.6 is 22.9 Å². The largest absolute Gasteiger partial charge is 0.293 e. The molecule has 2 heterocycles. The SMILES string of the molecule is Cc1c(Cl)c(C(=O)N/N=C\c2ccc(F)s2)nn1C. The molecule has 5 nitrogen and oxygen atoms in total. The van der Waals surface area contributed by atoms with E-state index in [9.17, 15) is 9.18 Å². The lowest BCUT2D eigenvalue weighted by atomic mass is 10.3. The van der Waals surface area contributed by atoms with Gasteiger partial charge >= 0.3 is 0 Å². The van der Waals surface area contributed by atoms with Crippen LogP contribution in [0.4, 0.5) is 4.39 Å². The number of aryl methyl sites for hydroxylation is 1. The van der Waals surface area contributed by atoms with Gasteiger partial charge in [0.15, 0.2) is 10.8 Å². The zero-order chi connectivity index (χ0) is 14.0. The number of nitrogens with one attached hydrogen (secondary N) is 1. The predicted octanol–water partition coefficient (Wildman–Crippen LogP) is 2.35. The quantitative estimate of drug-likeness (QED) is 0.699. The van der Waals surface area contributed by atoms with Crippen LogP contribution in [0, 0.1) is 12.1 Å². The van der Waals surface area contributed by atoms with Crippen molar-refractivity contribution in [2.75, 3.05) is 0 Å². The van der Waals surface area contributed by atoms with E-state index in [0.29, 0.717) is 10.6 Å². The second kappa shape index (κ2) is 5.50. The molecule has 2 rings (SSSR count). The predicted molar refractivity (Wildman–Crippen MR) is 72.3 cm³/mol. The zero-order valence-corrected chi connectivity index (χ0v) is 11.7. The van der Waals surface area contributed by atoms with Crippen LogP contribution in [-0.4, -0.2) is 21.9 Å². The molecule has 2 aromatic heterocycles. The lowest BCUT2D eigenvalue weighted by Gasteiger charge is -1.95. The normalized spacial score (nSPS) is 11.2. The summed E-state index contributed by atoms with van der Waals surface area (Å²) in [5, 5.41) is 7.68.